The molecule has 1 aromatic carbocycles. The number of rotatable bonds is 4. The van der Waals surface area contributed by atoms with Crippen molar-refractivity contribution in [3.8, 4) is 0 Å². The minimum atomic E-state index is -0.286. The summed E-state index contributed by atoms with van der Waals surface area (Å²) in [6.45, 7) is 2.32. The van der Waals surface area contributed by atoms with E-state index in [1.807, 2.05) is 37.3 Å². The molecule has 28 heavy (non-hydrogen) atoms. The zero-order valence-corrected chi connectivity index (χ0v) is 17.6. The number of amides is 1. The number of nitrogen functional groups attached to an aromatic ring is 1. The summed E-state index contributed by atoms with van der Waals surface area (Å²) < 4.78 is 6.13. The number of carbonyl (C=O) groups is 1. The number of aromatic nitrogens is 2. The Balaban J connectivity index is 1.78. The molecule has 3 N–H and O–H groups in total. The average molecular weight is 457 g/mol. The Labute approximate surface area is 173 Å². The number of hydrogen-bond acceptors (Lipinski definition) is 6. The Bertz CT molecular complexity index is 1220. The Hall–Kier alpha value is -2.55. The number of fused-ring (bicyclic) bond motifs is 2. The molecule has 3 aromatic heterocycles. The van der Waals surface area contributed by atoms with Crippen LogP contribution in [0.2, 0.25) is 0 Å². The normalized spacial score (nSPS) is 11.2. The van der Waals surface area contributed by atoms with E-state index >= 15 is 0 Å². The molecule has 0 aliphatic carbocycles. The first kappa shape index (κ1) is 18.8. The monoisotopic (exact) mass is 456 g/mol. The van der Waals surface area contributed by atoms with E-state index in [4.69, 9.17) is 10.5 Å². The highest BCUT2D eigenvalue weighted by Crippen LogP contribution is 2.36. The fourth-order valence-electron chi connectivity index (χ4n) is 3.21. The standard InChI is InChI=1S/C20H17BrN4O2S/c1-10-6-12(9-27-2)15-16(22)18(28-20(15)24-10)19(26)25-14-8-13(21)7-11-4-3-5-23-17(11)14/h3-8H,9,22H2,1-2H3,(H,25,26). The zero-order valence-electron chi connectivity index (χ0n) is 15.2. The van der Waals surface area contributed by atoms with Gasteiger partial charge in [-0.2, -0.15) is 0 Å². The van der Waals surface area contributed by atoms with Gasteiger partial charge in [0.05, 0.1) is 23.5 Å². The molecule has 0 unspecified atom stereocenters. The van der Waals surface area contributed by atoms with Gasteiger partial charge in [0.2, 0.25) is 0 Å². The summed E-state index contributed by atoms with van der Waals surface area (Å²) in [6, 6.07) is 9.52. The van der Waals surface area contributed by atoms with Gasteiger partial charge in [0, 0.05) is 34.2 Å². The summed E-state index contributed by atoms with van der Waals surface area (Å²) >= 11 is 4.76. The number of thiophene rings is 1. The smallest absolute Gasteiger partial charge is 0.268 e. The van der Waals surface area contributed by atoms with Crippen molar-refractivity contribution >= 4 is 65.7 Å². The highest BCUT2D eigenvalue weighted by atomic mass is 79.9. The Morgan fingerprint density at radius 1 is 1.36 bits per heavy atom. The van der Waals surface area contributed by atoms with E-state index in [0.717, 1.165) is 31.3 Å². The average Bonchev–Trinajstić information content (AvgIpc) is 2.98. The van der Waals surface area contributed by atoms with Crippen LogP contribution in [0.1, 0.15) is 20.9 Å². The first-order valence-electron chi connectivity index (χ1n) is 8.51. The molecular formula is C20H17BrN4O2S. The Morgan fingerprint density at radius 2 is 2.18 bits per heavy atom. The molecule has 8 heteroatoms. The van der Waals surface area contributed by atoms with E-state index in [9.17, 15) is 4.79 Å². The van der Waals surface area contributed by atoms with Gasteiger partial charge >= 0.3 is 0 Å². The summed E-state index contributed by atoms with van der Waals surface area (Å²) in [5.74, 6) is -0.286. The molecule has 0 saturated heterocycles. The molecule has 6 nitrogen and oxygen atoms in total. The van der Waals surface area contributed by atoms with Crippen LogP contribution in [0.5, 0.6) is 0 Å². The van der Waals surface area contributed by atoms with Gasteiger partial charge in [-0.3, -0.25) is 9.78 Å². The molecule has 0 saturated carbocycles. The molecule has 3 heterocycles. The molecule has 0 bridgehead atoms. The van der Waals surface area contributed by atoms with Crippen molar-refractivity contribution in [1.29, 1.82) is 0 Å². The van der Waals surface area contributed by atoms with Crippen molar-refractivity contribution in [3.63, 3.8) is 0 Å². The Morgan fingerprint density at radius 3 is 2.96 bits per heavy atom. The van der Waals surface area contributed by atoms with Crippen LogP contribution in [0.4, 0.5) is 11.4 Å². The van der Waals surface area contributed by atoms with Crippen LogP contribution in [-0.4, -0.2) is 23.0 Å². The molecule has 4 aromatic rings. The number of pyridine rings is 2. The molecule has 0 fully saturated rings. The minimum absolute atomic E-state index is 0.286. The number of ether oxygens (including phenoxy) is 1. The maximum absolute atomic E-state index is 13.0. The molecule has 0 aliphatic rings. The second-order valence-electron chi connectivity index (χ2n) is 6.36. The van der Waals surface area contributed by atoms with Crippen LogP contribution in [0.25, 0.3) is 21.1 Å². The summed E-state index contributed by atoms with van der Waals surface area (Å²) in [5.41, 5.74) is 9.88. The fourth-order valence-corrected chi connectivity index (χ4v) is 4.76. The second-order valence-corrected chi connectivity index (χ2v) is 8.28. The van der Waals surface area contributed by atoms with Crippen molar-refractivity contribution in [2.75, 3.05) is 18.2 Å². The summed E-state index contributed by atoms with van der Waals surface area (Å²) in [4.78, 5) is 23.1. The first-order chi connectivity index (χ1) is 13.5. The van der Waals surface area contributed by atoms with Crippen LogP contribution in [0.15, 0.2) is 41.0 Å². The number of methoxy groups -OCH3 is 1. The van der Waals surface area contributed by atoms with Crippen molar-refractivity contribution in [2.45, 2.75) is 13.5 Å². The molecular weight excluding hydrogens is 440 g/mol. The van der Waals surface area contributed by atoms with Gasteiger partial charge in [0.15, 0.2) is 0 Å². The maximum Gasteiger partial charge on any atom is 0.268 e. The van der Waals surface area contributed by atoms with Crippen molar-refractivity contribution in [2.24, 2.45) is 0 Å². The van der Waals surface area contributed by atoms with Crippen molar-refractivity contribution in [1.82, 2.24) is 9.97 Å². The number of nitrogens with two attached hydrogens (primary N) is 1. The number of benzene rings is 1. The van der Waals surface area contributed by atoms with E-state index in [-0.39, 0.29) is 5.91 Å². The van der Waals surface area contributed by atoms with Gasteiger partial charge < -0.3 is 15.8 Å². The quantitative estimate of drug-likeness (QED) is 0.455. The number of nitrogens with zero attached hydrogens (tertiary/aromatic N) is 2. The minimum Gasteiger partial charge on any atom is -0.397 e. The van der Waals surface area contributed by atoms with Gasteiger partial charge in [-0.1, -0.05) is 22.0 Å². The summed E-state index contributed by atoms with van der Waals surface area (Å²) in [5, 5.41) is 4.65. The molecule has 142 valence electrons. The molecule has 0 radical (unpaired) electrons. The molecule has 0 spiro atoms. The fraction of sp³-hybridized carbons (Fsp3) is 0.150. The van der Waals surface area contributed by atoms with Crippen LogP contribution in [-0.2, 0) is 11.3 Å². The zero-order chi connectivity index (χ0) is 19.8. The number of nitrogens with one attached hydrogen (secondary N) is 1. The number of hydrogen-bond donors (Lipinski definition) is 2. The van der Waals surface area contributed by atoms with E-state index in [2.05, 4.69) is 31.2 Å². The number of carbonyl (C=O) groups excluding carboxylic acids is 1. The highest BCUT2D eigenvalue weighted by Gasteiger charge is 2.21. The van der Waals surface area contributed by atoms with Gasteiger partial charge in [-0.05, 0) is 36.8 Å². The molecule has 1 amide bonds. The number of aryl methyl sites for hydroxylation is 1. The topological polar surface area (TPSA) is 90.1 Å². The van der Waals surface area contributed by atoms with Gasteiger partial charge in [-0.25, -0.2) is 4.98 Å². The lowest BCUT2D eigenvalue weighted by atomic mass is 10.1. The predicted molar refractivity (Wildman–Crippen MR) is 117 cm³/mol. The largest absolute Gasteiger partial charge is 0.397 e. The third kappa shape index (κ3) is 3.34. The van der Waals surface area contributed by atoms with Crippen LogP contribution < -0.4 is 11.1 Å². The lowest BCUT2D eigenvalue weighted by Gasteiger charge is -2.09. The van der Waals surface area contributed by atoms with Gasteiger partial charge in [-0.15, -0.1) is 11.3 Å². The third-order valence-electron chi connectivity index (χ3n) is 4.33. The summed E-state index contributed by atoms with van der Waals surface area (Å²) in [6.07, 6.45) is 1.70. The van der Waals surface area contributed by atoms with E-state index < -0.39 is 0 Å². The van der Waals surface area contributed by atoms with Crippen LogP contribution >= 0.6 is 27.3 Å². The highest BCUT2D eigenvalue weighted by molar-refractivity contribution is 9.10. The third-order valence-corrected chi connectivity index (χ3v) is 5.89. The summed E-state index contributed by atoms with van der Waals surface area (Å²) in [7, 11) is 1.63. The molecule has 4 rings (SSSR count). The van der Waals surface area contributed by atoms with E-state index in [1.165, 1.54) is 11.3 Å². The SMILES string of the molecule is COCc1cc(C)nc2sc(C(=O)Nc3cc(Br)cc4cccnc34)c(N)c12. The molecule has 0 atom stereocenters. The second kappa shape index (κ2) is 7.46. The Kier molecular flexibility index (Phi) is 5.01. The lowest BCUT2D eigenvalue weighted by Crippen LogP contribution is -2.12. The van der Waals surface area contributed by atoms with Gasteiger partial charge in [0.25, 0.3) is 5.91 Å². The van der Waals surface area contributed by atoms with Crippen molar-refractivity contribution in [3.05, 3.63) is 57.1 Å². The van der Waals surface area contributed by atoms with Crippen LogP contribution in [0, 0.1) is 6.92 Å². The first-order valence-corrected chi connectivity index (χ1v) is 10.1. The number of halogens is 1. The predicted octanol–water partition coefficient (Wildman–Crippen LogP) is 4.90. The maximum atomic E-state index is 13.0. The van der Waals surface area contributed by atoms with Crippen molar-refractivity contribution < 1.29 is 9.53 Å². The van der Waals surface area contributed by atoms with E-state index in [0.29, 0.717) is 28.4 Å². The lowest BCUT2D eigenvalue weighted by molar-refractivity contribution is 0.103. The number of anilines is 2. The van der Waals surface area contributed by atoms with E-state index in [1.54, 1.807) is 13.3 Å². The molecule has 0 aliphatic heterocycles. The van der Waals surface area contributed by atoms with Gasteiger partial charge in [0.1, 0.15) is 9.71 Å². The van der Waals surface area contributed by atoms with Crippen LogP contribution in [0.3, 0.4) is 0 Å².